The normalized spacial score (nSPS) is 21.7. The van der Waals surface area contributed by atoms with Gasteiger partial charge in [0.2, 0.25) is 0 Å². The van der Waals surface area contributed by atoms with Crippen molar-refractivity contribution in [3.63, 3.8) is 0 Å². The Kier molecular flexibility index (Phi) is 5.41. The quantitative estimate of drug-likeness (QED) is 0.890. The van der Waals surface area contributed by atoms with Crippen LogP contribution in [-0.4, -0.2) is 27.4 Å². The summed E-state index contributed by atoms with van der Waals surface area (Å²) in [4.78, 5) is 4.10. The molecule has 2 aromatic heterocycles. The number of hydrogen-bond donors (Lipinski definition) is 1. The van der Waals surface area contributed by atoms with Gasteiger partial charge in [-0.05, 0) is 36.5 Å². The minimum atomic E-state index is 0.109. The molecule has 0 unspecified atom stereocenters. The highest BCUT2D eigenvalue weighted by Crippen LogP contribution is 2.28. The van der Waals surface area contributed by atoms with Crippen molar-refractivity contribution in [2.45, 2.75) is 51.9 Å². The Bertz CT molecular complexity index is 596. The smallest absolute Gasteiger partial charge is 0.0978 e. The first-order chi connectivity index (χ1) is 11.2. The maximum atomic E-state index is 6.01. The second kappa shape index (κ2) is 7.70. The van der Waals surface area contributed by atoms with Crippen molar-refractivity contribution in [1.29, 1.82) is 0 Å². The van der Waals surface area contributed by atoms with Crippen molar-refractivity contribution in [2.75, 3.05) is 6.61 Å². The van der Waals surface area contributed by atoms with Crippen molar-refractivity contribution in [2.24, 2.45) is 5.92 Å². The zero-order valence-corrected chi connectivity index (χ0v) is 14.0. The van der Waals surface area contributed by atoms with Crippen LogP contribution in [-0.2, 0) is 17.8 Å². The number of ether oxygens (including phenoxy) is 1. The minimum absolute atomic E-state index is 0.109. The molecule has 2 atom stereocenters. The van der Waals surface area contributed by atoms with E-state index in [9.17, 15) is 0 Å². The lowest BCUT2D eigenvalue weighted by molar-refractivity contribution is -0.0112. The van der Waals surface area contributed by atoms with Gasteiger partial charge < -0.3 is 10.1 Å². The Morgan fingerprint density at radius 1 is 1.35 bits per heavy atom. The van der Waals surface area contributed by atoms with Crippen LogP contribution in [0, 0.1) is 5.92 Å². The molecule has 0 saturated carbocycles. The van der Waals surface area contributed by atoms with Crippen molar-refractivity contribution in [3.8, 4) is 0 Å². The van der Waals surface area contributed by atoms with Gasteiger partial charge in [-0.2, -0.15) is 5.10 Å². The molecule has 3 rings (SSSR count). The topological polar surface area (TPSA) is 52.0 Å². The summed E-state index contributed by atoms with van der Waals surface area (Å²) in [6, 6.07) is 4.43. The van der Waals surface area contributed by atoms with Crippen LogP contribution in [0.2, 0.25) is 0 Å². The van der Waals surface area contributed by atoms with Crippen LogP contribution in [0.15, 0.2) is 36.9 Å². The van der Waals surface area contributed by atoms with E-state index < -0.39 is 0 Å². The molecule has 5 heteroatoms. The van der Waals surface area contributed by atoms with Gasteiger partial charge in [0.1, 0.15) is 0 Å². The fourth-order valence-corrected chi connectivity index (χ4v) is 3.09. The van der Waals surface area contributed by atoms with E-state index in [4.69, 9.17) is 4.74 Å². The van der Waals surface area contributed by atoms with Gasteiger partial charge in [-0.3, -0.25) is 9.67 Å². The van der Waals surface area contributed by atoms with E-state index >= 15 is 0 Å². The molecule has 0 aliphatic carbocycles. The van der Waals surface area contributed by atoms with E-state index in [-0.39, 0.29) is 6.10 Å². The molecule has 2 aromatic rings. The van der Waals surface area contributed by atoms with Crippen LogP contribution >= 0.6 is 0 Å². The van der Waals surface area contributed by atoms with Gasteiger partial charge in [-0.15, -0.1) is 0 Å². The fourth-order valence-electron chi connectivity index (χ4n) is 3.09. The molecule has 3 heterocycles. The molecule has 0 bridgehead atoms. The number of nitrogens with one attached hydrogen (secondary N) is 1. The molecule has 0 amide bonds. The predicted molar refractivity (Wildman–Crippen MR) is 89.9 cm³/mol. The maximum absolute atomic E-state index is 6.01. The van der Waals surface area contributed by atoms with Crippen LogP contribution in [0.4, 0.5) is 0 Å². The number of aromatic nitrogens is 3. The molecule has 1 aliphatic heterocycles. The third kappa shape index (κ3) is 4.39. The van der Waals surface area contributed by atoms with E-state index in [1.54, 1.807) is 0 Å². The van der Waals surface area contributed by atoms with E-state index in [1.807, 2.05) is 35.4 Å². The fraction of sp³-hybridized carbons (Fsp3) is 0.556. The summed E-state index contributed by atoms with van der Waals surface area (Å²) >= 11 is 0. The third-order valence-corrected chi connectivity index (χ3v) is 4.16. The Morgan fingerprint density at radius 2 is 2.17 bits per heavy atom. The molecule has 0 radical (unpaired) electrons. The van der Waals surface area contributed by atoms with Gasteiger partial charge in [0.15, 0.2) is 0 Å². The van der Waals surface area contributed by atoms with Gasteiger partial charge in [-0.25, -0.2) is 0 Å². The third-order valence-electron chi connectivity index (χ3n) is 4.16. The monoisotopic (exact) mass is 314 g/mol. The molecule has 1 N–H and O–H groups in total. The van der Waals surface area contributed by atoms with Crippen LogP contribution in [0.3, 0.4) is 0 Å². The highest BCUT2D eigenvalue weighted by Gasteiger charge is 2.27. The molecular formula is C18H26N4O. The first-order valence-corrected chi connectivity index (χ1v) is 8.48. The molecule has 0 aromatic carbocycles. The molecule has 0 spiro atoms. The Labute approximate surface area is 138 Å². The van der Waals surface area contributed by atoms with Crippen molar-refractivity contribution >= 4 is 0 Å². The Morgan fingerprint density at radius 3 is 2.96 bits per heavy atom. The summed E-state index contributed by atoms with van der Waals surface area (Å²) in [5.41, 5.74) is 2.43. The summed E-state index contributed by atoms with van der Waals surface area (Å²) in [7, 11) is 0. The van der Waals surface area contributed by atoms with Crippen LogP contribution in [0.1, 0.15) is 43.9 Å². The van der Waals surface area contributed by atoms with Gasteiger partial charge in [0, 0.05) is 49.9 Å². The first kappa shape index (κ1) is 16.1. The van der Waals surface area contributed by atoms with Gasteiger partial charge in [-0.1, -0.05) is 13.8 Å². The van der Waals surface area contributed by atoms with E-state index in [2.05, 4.69) is 35.4 Å². The average molecular weight is 314 g/mol. The minimum Gasteiger partial charge on any atom is -0.372 e. The molecule has 5 nitrogen and oxygen atoms in total. The lowest BCUT2D eigenvalue weighted by Crippen LogP contribution is -2.39. The Hall–Kier alpha value is -1.72. The molecule has 23 heavy (non-hydrogen) atoms. The zero-order valence-electron chi connectivity index (χ0n) is 14.0. The SMILES string of the molecule is CC(C)Cn1cc(CN[C@H]2CCCO[C@@H]2c2ccncc2)cn1. The standard InChI is InChI=1S/C18H26N4O/c1-14(2)12-22-13-15(11-21-22)10-20-17-4-3-9-23-18(17)16-5-7-19-8-6-16/h5-8,11,13-14,17-18,20H,3-4,9-10,12H2,1-2H3/t17-,18+/m0/s1. The number of nitrogens with zero attached hydrogens (tertiary/aromatic N) is 3. The van der Waals surface area contributed by atoms with Crippen molar-refractivity contribution < 1.29 is 4.74 Å². The summed E-state index contributed by atoms with van der Waals surface area (Å²) < 4.78 is 8.04. The second-order valence-corrected chi connectivity index (χ2v) is 6.67. The van der Waals surface area contributed by atoms with Gasteiger partial charge >= 0.3 is 0 Å². The van der Waals surface area contributed by atoms with E-state index in [0.717, 1.165) is 32.5 Å². The predicted octanol–water partition coefficient (Wildman–Crippen LogP) is 2.94. The van der Waals surface area contributed by atoms with E-state index in [1.165, 1.54) is 11.1 Å². The number of pyridine rings is 1. The first-order valence-electron chi connectivity index (χ1n) is 8.48. The van der Waals surface area contributed by atoms with Crippen molar-refractivity contribution in [1.82, 2.24) is 20.1 Å². The van der Waals surface area contributed by atoms with Gasteiger partial charge in [0.05, 0.1) is 12.3 Å². The van der Waals surface area contributed by atoms with Crippen LogP contribution < -0.4 is 5.32 Å². The van der Waals surface area contributed by atoms with Crippen molar-refractivity contribution in [3.05, 3.63) is 48.0 Å². The average Bonchev–Trinajstić information content (AvgIpc) is 3.01. The summed E-state index contributed by atoms with van der Waals surface area (Å²) in [6.07, 6.45) is 10.1. The Balaban J connectivity index is 1.60. The molecule has 1 saturated heterocycles. The van der Waals surface area contributed by atoms with Gasteiger partial charge in [0.25, 0.3) is 0 Å². The number of hydrogen-bond acceptors (Lipinski definition) is 4. The molecular weight excluding hydrogens is 288 g/mol. The second-order valence-electron chi connectivity index (χ2n) is 6.67. The summed E-state index contributed by atoms with van der Waals surface area (Å²) in [5.74, 6) is 0.610. The highest BCUT2D eigenvalue weighted by atomic mass is 16.5. The summed E-state index contributed by atoms with van der Waals surface area (Å²) in [5, 5.41) is 8.09. The lowest BCUT2D eigenvalue weighted by Gasteiger charge is -2.32. The van der Waals surface area contributed by atoms with E-state index in [0.29, 0.717) is 12.0 Å². The zero-order chi connectivity index (χ0) is 16.1. The lowest BCUT2D eigenvalue weighted by atomic mass is 9.96. The molecule has 124 valence electrons. The largest absolute Gasteiger partial charge is 0.372 e. The summed E-state index contributed by atoms with van der Waals surface area (Å²) in [6.45, 7) is 7.04. The highest BCUT2D eigenvalue weighted by molar-refractivity contribution is 5.16. The molecule has 1 aliphatic rings. The van der Waals surface area contributed by atoms with Crippen LogP contribution in [0.25, 0.3) is 0 Å². The number of rotatable bonds is 6. The van der Waals surface area contributed by atoms with Crippen LogP contribution in [0.5, 0.6) is 0 Å². The molecule has 1 fully saturated rings. The maximum Gasteiger partial charge on any atom is 0.0978 e.